The Bertz CT molecular complexity index is 595. The molecule has 0 aliphatic rings. The lowest BCUT2D eigenvalue weighted by molar-refractivity contribution is 0.0951. The minimum atomic E-state index is -0.0406. The number of nitrogens with one attached hydrogen (secondary N) is 1. The van der Waals surface area contributed by atoms with Crippen molar-refractivity contribution in [3.8, 4) is 0 Å². The molecular weight excluding hydrogens is 266 g/mol. The molecule has 2 aromatic rings. The first-order chi connectivity index (χ1) is 9.58. The molecular formula is C17H19NOS. The number of hydrogen-bond acceptors (Lipinski definition) is 2. The summed E-state index contributed by atoms with van der Waals surface area (Å²) in [6.45, 7) is 4.67. The monoisotopic (exact) mass is 285 g/mol. The van der Waals surface area contributed by atoms with E-state index in [-0.39, 0.29) is 5.91 Å². The third kappa shape index (κ3) is 3.64. The Kier molecular flexibility index (Phi) is 4.85. The largest absolute Gasteiger partial charge is 0.351 e. The number of hydrogen-bond donors (Lipinski definition) is 2. The minimum Gasteiger partial charge on any atom is -0.351 e. The van der Waals surface area contributed by atoms with E-state index in [0.717, 1.165) is 10.5 Å². The molecule has 1 atom stereocenters. The van der Waals surface area contributed by atoms with Crippen molar-refractivity contribution in [3.05, 3.63) is 65.2 Å². The van der Waals surface area contributed by atoms with Gasteiger partial charge >= 0.3 is 0 Å². The molecule has 0 saturated heterocycles. The van der Waals surface area contributed by atoms with Gasteiger partial charge in [0.25, 0.3) is 5.91 Å². The molecule has 0 aliphatic heterocycles. The highest BCUT2D eigenvalue weighted by Crippen LogP contribution is 2.16. The molecule has 1 unspecified atom stereocenters. The summed E-state index contributed by atoms with van der Waals surface area (Å²) >= 11 is 4.28. The lowest BCUT2D eigenvalue weighted by atomic mass is 10.0. The Labute approximate surface area is 125 Å². The van der Waals surface area contributed by atoms with Crippen LogP contribution in [-0.4, -0.2) is 12.5 Å². The number of rotatable bonds is 4. The van der Waals surface area contributed by atoms with Crippen LogP contribution in [0.5, 0.6) is 0 Å². The topological polar surface area (TPSA) is 29.1 Å². The zero-order valence-corrected chi connectivity index (χ0v) is 12.7. The maximum atomic E-state index is 12.2. The molecule has 0 aromatic heterocycles. The highest BCUT2D eigenvalue weighted by molar-refractivity contribution is 7.80. The maximum absolute atomic E-state index is 12.2. The van der Waals surface area contributed by atoms with Crippen LogP contribution in [0.15, 0.2) is 53.4 Å². The van der Waals surface area contributed by atoms with Crippen LogP contribution in [0, 0.1) is 6.92 Å². The van der Waals surface area contributed by atoms with Crippen LogP contribution in [0.25, 0.3) is 0 Å². The first-order valence-corrected chi connectivity index (χ1v) is 7.15. The molecule has 0 spiro atoms. The summed E-state index contributed by atoms with van der Waals surface area (Å²) < 4.78 is 0. The maximum Gasteiger partial charge on any atom is 0.251 e. The molecule has 0 heterocycles. The van der Waals surface area contributed by atoms with Crippen molar-refractivity contribution >= 4 is 18.5 Å². The summed E-state index contributed by atoms with van der Waals surface area (Å²) in [4.78, 5) is 13.0. The van der Waals surface area contributed by atoms with Crippen LogP contribution in [-0.2, 0) is 0 Å². The van der Waals surface area contributed by atoms with Crippen molar-refractivity contribution in [3.63, 3.8) is 0 Å². The van der Waals surface area contributed by atoms with Crippen LogP contribution < -0.4 is 5.32 Å². The zero-order chi connectivity index (χ0) is 14.5. The normalized spacial score (nSPS) is 11.9. The van der Waals surface area contributed by atoms with E-state index in [2.05, 4.69) is 37.0 Å². The van der Waals surface area contributed by atoms with Gasteiger partial charge in [0, 0.05) is 17.0 Å². The summed E-state index contributed by atoms with van der Waals surface area (Å²) in [5.41, 5.74) is 2.89. The van der Waals surface area contributed by atoms with E-state index in [1.807, 2.05) is 37.3 Å². The molecule has 0 fully saturated rings. The minimum absolute atomic E-state index is 0.0406. The fourth-order valence-corrected chi connectivity index (χ4v) is 2.30. The van der Waals surface area contributed by atoms with Crippen LogP contribution in [0.4, 0.5) is 0 Å². The average Bonchev–Trinajstić information content (AvgIpc) is 2.47. The quantitative estimate of drug-likeness (QED) is 0.822. The highest BCUT2D eigenvalue weighted by Gasteiger charge is 2.11. The van der Waals surface area contributed by atoms with Gasteiger partial charge < -0.3 is 5.32 Å². The molecule has 2 rings (SSSR count). The van der Waals surface area contributed by atoms with E-state index in [4.69, 9.17) is 0 Å². The number of amides is 1. The molecule has 3 heteroatoms. The predicted octanol–water partition coefficient (Wildman–Crippen LogP) is 3.82. The van der Waals surface area contributed by atoms with Gasteiger partial charge in [-0.1, -0.05) is 43.3 Å². The highest BCUT2D eigenvalue weighted by atomic mass is 32.1. The third-order valence-electron chi connectivity index (χ3n) is 3.40. The van der Waals surface area contributed by atoms with Crippen molar-refractivity contribution in [1.29, 1.82) is 0 Å². The number of benzene rings is 2. The summed E-state index contributed by atoms with van der Waals surface area (Å²) in [7, 11) is 0. The van der Waals surface area contributed by atoms with Gasteiger partial charge in [-0.2, -0.15) is 0 Å². The Morgan fingerprint density at radius 3 is 2.60 bits per heavy atom. The predicted molar refractivity (Wildman–Crippen MR) is 85.6 cm³/mol. The van der Waals surface area contributed by atoms with E-state index >= 15 is 0 Å². The first-order valence-electron chi connectivity index (χ1n) is 6.70. The molecule has 2 aromatic carbocycles. The van der Waals surface area contributed by atoms with E-state index in [9.17, 15) is 4.79 Å². The fraction of sp³-hybridized carbons (Fsp3) is 0.235. The average molecular weight is 285 g/mol. The molecule has 0 aliphatic carbocycles. The van der Waals surface area contributed by atoms with Gasteiger partial charge in [0.1, 0.15) is 0 Å². The fourth-order valence-electron chi connectivity index (χ4n) is 2.10. The van der Waals surface area contributed by atoms with Crippen molar-refractivity contribution in [1.82, 2.24) is 5.32 Å². The first kappa shape index (κ1) is 14.7. The summed E-state index contributed by atoms with van der Waals surface area (Å²) in [5.74, 6) is 0.251. The van der Waals surface area contributed by atoms with Gasteiger partial charge in [0.2, 0.25) is 0 Å². The molecule has 0 bridgehead atoms. The van der Waals surface area contributed by atoms with Crippen LogP contribution >= 0.6 is 12.6 Å². The number of thiol groups is 1. The lowest BCUT2D eigenvalue weighted by Crippen LogP contribution is -2.28. The van der Waals surface area contributed by atoms with Gasteiger partial charge in [-0.25, -0.2) is 0 Å². The van der Waals surface area contributed by atoms with Crippen LogP contribution in [0.2, 0.25) is 0 Å². The van der Waals surface area contributed by atoms with Crippen molar-refractivity contribution < 1.29 is 4.79 Å². The molecule has 0 radical (unpaired) electrons. The summed E-state index contributed by atoms with van der Waals surface area (Å²) in [6.07, 6.45) is 0. The standard InChI is InChI=1S/C17H19NOS/c1-12-8-9-15(20)10-16(12)17(19)18-11-13(2)14-6-4-3-5-7-14/h3-10,13,20H,11H2,1-2H3,(H,18,19). The number of aryl methyl sites for hydroxylation is 1. The lowest BCUT2D eigenvalue weighted by Gasteiger charge is -2.14. The van der Waals surface area contributed by atoms with Gasteiger partial charge in [0.05, 0.1) is 0 Å². The number of carbonyl (C=O) groups excluding carboxylic acids is 1. The Hall–Kier alpha value is -1.74. The zero-order valence-electron chi connectivity index (χ0n) is 11.8. The van der Waals surface area contributed by atoms with Crippen LogP contribution in [0.3, 0.4) is 0 Å². The molecule has 1 N–H and O–H groups in total. The smallest absolute Gasteiger partial charge is 0.251 e. The Balaban J connectivity index is 2.00. The molecule has 20 heavy (non-hydrogen) atoms. The second kappa shape index (κ2) is 6.62. The molecule has 2 nitrogen and oxygen atoms in total. The van der Waals surface area contributed by atoms with Crippen molar-refractivity contribution in [2.45, 2.75) is 24.7 Å². The molecule has 0 saturated carbocycles. The van der Waals surface area contributed by atoms with E-state index in [1.54, 1.807) is 6.07 Å². The molecule has 1 amide bonds. The SMILES string of the molecule is Cc1ccc(S)cc1C(=O)NCC(C)c1ccccc1. The van der Waals surface area contributed by atoms with E-state index < -0.39 is 0 Å². The summed E-state index contributed by atoms with van der Waals surface area (Å²) in [5, 5.41) is 2.99. The van der Waals surface area contributed by atoms with Crippen molar-refractivity contribution in [2.24, 2.45) is 0 Å². The van der Waals surface area contributed by atoms with Crippen LogP contribution in [0.1, 0.15) is 34.3 Å². The Morgan fingerprint density at radius 1 is 1.20 bits per heavy atom. The van der Waals surface area contributed by atoms with Crippen molar-refractivity contribution in [2.75, 3.05) is 6.54 Å². The van der Waals surface area contributed by atoms with Gasteiger partial charge in [-0.3, -0.25) is 4.79 Å². The van der Waals surface area contributed by atoms with E-state index in [0.29, 0.717) is 18.0 Å². The molecule has 104 valence electrons. The van der Waals surface area contributed by atoms with Gasteiger partial charge in [0.15, 0.2) is 0 Å². The van der Waals surface area contributed by atoms with Gasteiger partial charge in [-0.15, -0.1) is 12.6 Å². The Morgan fingerprint density at radius 2 is 1.90 bits per heavy atom. The summed E-state index contributed by atoms with van der Waals surface area (Å²) in [6, 6.07) is 15.8. The second-order valence-electron chi connectivity index (χ2n) is 5.02. The third-order valence-corrected chi connectivity index (χ3v) is 3.68. The van der Waals surface area contributed by atoms with E-state index in [1.165, 1.54) is 5.56 Å². The number of carbonyl (C=O) groups is 1. The van der Waals surface area contributed by atoms with Gasteiger partial charge in [-0.05, 0) is 36.1 Å². The second-order valence-corrected chi connectivity index (χ2v) is 5.54.